The molecule has 0 aliphatic rings. The molecular formula is C84H126N18O12S6. The Hall–Kier alpha value is -8.22. The van der Waals surface area contributed by atoms with Gasteiger partial charge in [-0.3, -0.25) is 0 Å². The fraction of sp³-hybridized carbons (Fsp3) is 0.429. The topological polar surface area (TPSA) is 391 Å². The summed E-state index contributed by atoms with van der Waals surface area (Å²) in [5, 5.41) is 0.527. The minimum absolute atomic E-state index is 0.00688. The fourth-order valence-electron chi connectivity index (χ4n) is 10.1. The Morgan fingerprint density at radius 2 is 0.475 bits per heavy atom. The molecule has 0 aliphatic carbocycles. The van der Waals surface area contributed by atoms with Crippen LogP contribution in [0.15, 0.2) is 146 Å². The molecule has 0 radical (unpaired) electrons. The van der Waals surface area contributed by atoms with E-state index in [1.54, 1.807) is 19.0 Å². The van der Waals surface area contributed by atoms with Crippen LogP contribution in [0.25, 0.3) is 65.4 Å². The normalized spacial score (nSPS) is 22.2. The summed E-state index contributed by atoms with van der Waals surface area (Å²) in [6.07, 6.45) is -7.71. The molecule has 12 N–H and O–H groups in total. The number of aryl methyl sites for hydroxylation is 3. The fourth-order valence-corrected chi connectivity index (χ4v) is 13.1. The Balaban J connectivity index is 0.000000284. The Morgan fingerprint density at radius 3 is 0.692 bits per heavy atom. The van der Waals surface area contributed by atoms with Crippen LogP contribution in [0, 0.1) is 0 Å². The van der Waals surface area contributed by atoms with E-state index in [0.717, 1.165) is 99.0 Å². The number of benzene rings is 6. The predicted octanol–water partition coefficient (Wildman–Crippen LogP) is 7.93. The minimum atomic E-state index is -5.07. The van der Waals surface area contributed by atoms with Gasteiger partial charge in [0, 0.05) is 220 Å². The van der Waals surface area contributed by atoms with Gasteiger partial charge in [0.15, 0.2) is 0 Å². The highest BCUT2D eigenvalue weighted by Gasteiger charge is 2.19. The number of aromatic amines is 6. The predicted molar refractivity (Wildman–Crippen MR) is 493 cm³/mol. The summed E-state index contributed by atoms with van der Waals surface area (Å²) in [7, 11) is -16.5. The lowest BCUT2D eigenvalue weighted by atomic mass is 10.1. The Morgan fingerprint density at radius 1 is 0.267 bits per heavy atom. The summed E-state index contributed by atoms with van der Waals surface area (Å²) >= 11 is 0. The number of H-pyrrole nitrogens is 6. The van der Waals surface area contributed by atoms with Crippen molar-refractivity contribution in [3.8, 4) is 0 Å². The van der Waals surface area contributed by atoms with Crippen LogP contribution in [0.1, 0.15) is 145 Å². The van der Waals surface area contributed by atoms with Crippen molar-refractivity contribution in [1.29, 1.82) is 0 Å². The number of hydrogen-bond acceptors (Lipinski definition) is 18. The second-order valence-corrected chi connectivity index (χ2v) is 34.1. The standard InChI is InChI=1S/6C14H21N3O2S/c6*1-15-20(18,19)10-11-4-5-14-13(8-11)12(9-16-14)6-7-17(2)3/h6*4-5,8-9,15-16H,6-7,10H2,1-3H3/i2D3,3D3,6D2,7D2,10D2;1D3,2D3,3D3,6D2,10D2;2D3,6D2,7D2,10D2;1D3,2D3,6D2,10D2;6D2,7D2,10D2;1D3,6D2,10D2. The van der Waals surface area contributed by atoms with Crippen molar-refractivity contribution in [3.05, 3.63) is 213 Å². The number of sulfonamides is 6. The van der Waals surface area contributed by atoms with Gasteiger partial charge in [-0.05, 0) is 304 Å². The number of rotatable bonds is 36. The molecule has 0 bridgehead atoms. The molecule has 0 amide bonds. The second kappa shape index (κ2) is 45.2. The molecule has 6 heterocycles. The van der Waals surface area contributed by atoms with Crippen molar-refractivity contribution in [3.63, 3.8) is 0 Å². The maximum atomic E-state index is 12.3. The average Bonchev–Trinajstić information content (AvgIpc) is 1.49. The largest absolute Gasteiger partial charge is 0.361 e. The van der Waals surface area contributed by atoms with E-state index < -0.39 is 255 Å². The lowest BCUT2D eigenvalue weighted by Gasteiger charge is -2.08. The molecular weight excluding hydrogens is 1650 g/mol. The molecule has 0 spiro atoms. The lowest BCUT2D eigenvalue weighted by molar-refractivity contribution is 0.414. The van der Waals surface area contributed by atoms with Gasteiger partial charge in [-0.15, -0.1) is 0 Å². The van der Waals surface area contributed by atoms with E-state index in [9.17, 15) is 50.5 Å². The third-order valence-electron chi connectivity index (χ3n) is 15.4. The van der Waals surface area contributed by atoms with Crippen LogP contribution >= 0.6 is 0 Å². The highest BCUT2D eigenvalue weighted by atomic mass is 32.2. The monoisotopic (exact) mass is 1830 g/mol. The number of hydrogen-bond donors (Lipinski definition) is 12. The van der Waals surface area contributed by atoms with Crippen molar-refractivity contribution < 1.29 is 129 Å². The number of nitrogens with zero attached hydrogens (tertiary/aromatic N) is 6. The second-order valence-electron chi connectivity index (χ2n) is 25.0. The van der Waals surface area contributed by atoms with Gasteiger partial charge in [0.2, 0.25) is 60.1 Å². The van der Waals surface area contributed by atoms with Gasteiger partial charge in [0.25, 0.3) is 0 Å². The molecule has 36 heteroatoms. The van der Waals surface area contributed by atoms with E-state index in [1.165, 1.54) is 121 Å². The zero-order valence-corrected chi connectivity index (χ0v) is 69.9. The molecule has 0 unspecified atom stereocenters. The Kier molecular flexibility index (Phi) is 16.9. The summed E-state index contributed by atoms with van der Waals surface area (Å²) in [6, 6.07) is 21.8. The van der Waals surface area contributed by atoms with E-state index in [-0.39, 0.29) is 93.9 Å². The summed E-state index contributed by atoms with van der Waals surface area (Å²) in [5.74, 6) is 0. The van der Waals surface area contributed by atoms with Crippen LogP contribution in [0.5, 0.6) is 0 Å². The zero-order valence-electron chi connectivity index (χ0n) is 122. The van der Waals surface area contributed by atoms with Crippen LogP contribution in [-0.2, 0) is 133 Å². The van der Waals surface area contributed by atoms with Crippen LogP contribution in [-0.4, -0.2) is 275 Å². The van der Waals surface area contributed by atoms with Crippen molar-refractivity contribution in [1.82, 2.24) is 87.6 Å². The average molecular weight is 1830 g/mol. The number of nitrogens with one attached hydrogen (secondary N) is 12. The van der Waals surface area contributed by atoms with Gasteiger partial charge in [0.1, 0.15) is 0 Å². The molecule has 0 saturated heterocycles. The van der Waals surface area contributed by atoms with E-state index in [4.69, 9.17) is 78.1 Å². The molecule has 0 atom stereocenters. The minimum Gasteiger partial charge on any atom is -0.361 e. The van der Waals surface area contributed by atoms with Gasteiger partial charge in [0.05, 0.1) is 34.2 Å². The van der Waals surface area contributed by atoms with Gasteiger partial charge in [-0.2, -0.15) is 0 Å². The van der Waals surface area contributed by atoms with Crippen LogP contribution in [0.3, 0.4) is 0 Å². The van der Waals surface area contributed by atoms with Crippen molar-refractivity contribution >= 4 is 126 Å². The summed E-state index contributed by atoms with van der Waals surface area (Å²) in [6.45, 7) is -38.6. The maximum Gasteiger partial charge on any atom is 0.215 e. The molecule has 120 heavy (non-hydrogen) atoms. The molecule has 30 nitrogen and oxygen atoms in total. The van der Waals surface area contributed by atoms with Crippen molar-refractivity contribution in [2.75, 3.05) is 165 Å². The molecule has 0 aliphatic heterocycles. The highest BCUT2D eigenvalue weighted by Crippen LogP contribution is 2.28. The molecule has 6 aromatic carbocycles. The van der Waals surface area contributed by atoms with E-state index in [2.05, 4.69) is 29.9 Å². The van der Waals surface area contributed by atoms with E-state index >= 15 is 0 Å². The summed E-state index contributed by atoms with van der Waals surface area (Å²) in [4.78, 5) is 20.0. The number of fused-ring (bicyclic) bond motifs is 6. The number of likely N-dealkylation sites (N-methyl/N-ethyl adjacent to an activating group) is 6. The Bertz CT molecular complexity index is 8650. The third-order valence-corrected chi connectivity index (χ3v) is 20.9. The molecule has 6 aromatic heterocycles. The zero-order chi connectivity index (χ0) is 138. The summed E-state index contributed by atoms with van der Waals surface area (Å²) in [5.41, 5.74) is -18.8. The first-order valence-electron chi connectivity index (χ1n) is 62.5. The first-order valence-corrected chi connectivity index (χ1v) is 42.9. The first-order chi connectivity index (χ1) is 78.6. The molecule has 0 saturated carbocycles. The highest BCUT2D eigenvalue weighted by molar-refractivity contribution is 7.90. The van der Waals surface area contributed by atoms with E-state index in [0.29, 0.717) is 32.4 Å². The van der Waals surface area contributed by atoms with Crippen LogP contribution < -0.4 is 28.3 Å². The molecule has 12 rings (SSSR count). The van der Waals surface area contributed by atoms with Crippen molar-refractivity contribution in [2.45, 2.75) is 72.5 Å². The maximum absolute atomic E-state index is 12.3. The van der Waals surface area contributed by atoms with Gasteiger partial charge >= 0.3 is 0 Å². The Labute approximate surface area is 791 Å². The number of aromatic nitrogens is 6. The van der Waals surface area contributed by atoms with Crippen molar-refractivity contribution in [2.24, 2.45) is 0 Å². The van der Waals surface area contributed by atoms with Gasteiger partial charge in [-0.1, -0.05) is 36.4 Å². The summed E-state index contributed by atoms with van der Waals surface area (Å²) < 4.78 is 596. The van der Waals surface area contributed by atoms with Crippen LogP contribution in [0.4, 0.5) is 0 Å². The van der Waals surface area contributed by atoms with E-state index in [1.807, 2.05) is 14.2 Å². The smallest absolute Gasteiger partial charge is 0.215 e. The molecule has 660 valence electrons. The quantitative estimate of drug-likeness (QED) is 0.0177. The van der Waals surface area contributed by atoms with Gasteiger partial charge in [-0.25, -0.2) is 78.8 Å². The lowest BCUT2D eigenvalue weighted by Crippen LogP contribution is -2.20. The first kappa shape index (κ1) is 44.9. The SMILES string of the molecule is [2H]C([2H])([2H])N(C([2H])([2H])[2H])C([2H])([2H])C([2H])([2H])c1c[nH]c2ccc(C([2H])([2H])S(=O)(=O)NC)cc12.[2H]C([2H])([2H])N(C)C([2H])([2H])C([2H])([2H])c1c[nH]c2ccc(C([2H])([2H])S(=O)(=O)NC)cc12.[2H]C([2H])([2H])NS(=O)(=O)C([2H])([2H])c1ccc2[nH]cc(C([2H])([2H])CN(C([2H])([2H])[2H])C([2H])([2H])[2H])c2c1.[2H]C([2H])([2H])NS(=O)(=O)C([2H])([2H])c1ccc2[nH]cc(C([2H])([2H])CN(C)C([2H])([2H])[2H])c2c1.[2H]C([2H])([2H])NS(=O)(=O)C([2H])([2H])c1ccc2[nH]cc(C([2H])([2H])CN(C)C)c2c1.[2H]C([2H])(c1c[nH]c2ccc(C([2H])([2H])S(=O)(=O)NC)cc12)C([2H])([2H])N(C)C. The van der Waals surface area contributed by atoms with Gasteiger partial charge < -0.3 is 59.3 Å². The third kappa shape index (κ3) is 31.9. The molecule has 0 fully saturated rings. The molecule has 12 aromatic rings. The van der Waals surface area contributed by atoms with Crippen LogP contribution in [0.2, 0.25) is 0 Å².